The average molecular weight is 299 g/mol. The maximum Gasteiger partial charge on any atom is 0.258 e. The van der Waals surface area contributed by atoms with Gasteiger partial charge in [0.25, 0.3) is 5.91 Å². The van der Waals surface area contributed by atoms with Crippen LogP contribution in [0.3, 0.4) is 0 Å². The second-order valence-corrected chi connectivity index (χ2v) is 4.71. The van der Waals surface area contributed by atoms with E-state index in [4.69, 9.17) is 11.1 Å². The second kappa shape index (κ2) is 6.57. The molecule has 0 aliphatic heterocycles. The number of hydrogen-bond donors (Lipinski definition) is 4. The minimum atomic E-state index is -0.452. The average Bonchev–Trinajstić information content (AvgIpc) is 2.98. The van der Waals surface area contributed by atoms with E-state index in [1.807, 2.05) is 29.1 Å². The number of hydrogen-bond acceptors (Lipinski definition) is 3. The molecule has 0 bridgehead atoms. The summed E-state index contributed by atoms with van der Waals surface area (Å²) in [7, 11) is 0. The van der Waals surface area contributed by atoms with Crippen LogP contribution in [0.4, 0.5) is 0 Å². The van der Waals surface area contributed by atoms with Crippen molar-refractivity contribution in [2.75, 3.05) is 0 Å². The van der Waals surface area contributed by atoms with Crippen molar-refractivity contribution < 1.29 is 9.59 Å². The lowest BCUT2D eigenvalue weighted by molar-refractivity contribution is -0.119. The monoisotopic (exact) mass is 299 g/mol. The number of benzene rings is 1. The molecule has 2 rings (SSSR count). The van der Waals surface area contributed by atoms with Crippen LogP contribution in [0.15, 0.2) is 42.7 Å². The summed E-state index contributed by atoms with van der Waals surface area (Å²) in [5, 5.41) is 12.1. The van der Waals surface area contributed by atoms with E-state index in [1.165, 1.54) is 6.92 Å². The van der Waals surface area contributed by atoms with Crippen LogP contribution in [-0.2, 0) is 11.3 Å². The minimum Gasteiger partial charge on any atom is -0.370 e. The fraction of sp³-hybridized carbons (Fsp3) is 0.133. The summed E-state index contributed by atoms with van der Waals surface area (Å²) < 4.78 is 1.85. The molecular formula is C15H17N5O2. The predicted octanol–water partition coefficient (Wildman–Crippen LogP) is 0.737. The van der Waals surface area contributed by atoms with Crippen LogP contribution in [0.1, 0.15) is 22.8 Å². The van der Waals surface area contributed by atoms with Crippen molar-refractivity contribution in [1.82, 2.24) is 15.2 Å². The maximum absolute atomic E-state index is 11.9. The van der Waals surface area contributed by atoms with Gasteiger partial charge in [-0.2, -0.15) is 0 Å². The molecule has 1 heterocycles. The lowest BCUT2D eigenvalue weighted by atomic mass is 10.1. The van der Waals surface area contributed by atoms with E-state index in [0.29, 0.717) is 12.1 Å². The summed E-state index contributed by atoms with van der Waals surface area (Å²) in [6, 6.07) is 8.81. The third-order valence-corrected chi connectivity index (χ3v) is 3.01. The van der Waals surface area contributed by atoms with Gasteiger partial charge in [0.2, 0.25) is 5.91 Å². The smallest absolute Gasteiger partial charge is 0.258 e. The number of amides is 2. The van der Waals surface area contributed by atoms with Crippen LogP contribution in [0.5, 0.6) is 0 Å². The SMILES string of the molecule is CC(=O)NCc1ccc(C(=O)NC(=N)N)cc1-n1cccc1. The zero-order chi connectivity index (χ0) is 16.1. The molecule has 114 valence electrons. The molecule has 0 saturated carbocycles. The van der Waals surface area contributed by atoms with Gasteiger partial charge >= 0.3 is 0 Å². The fourth-order valence-corrected chi connectivity index (χ4v) is 2.00. The van der Waals surface area contributed by atoms with Crippen molar-refractivity contribution in [3.63, 3.8) is 0 Å². The van der Waals surface area contributed by atoms with Crippen LogP contribution in [-0.4, -0.2) is 22.3 Å². The number of nitrogens with two attached hydrogens (primary N) is 1. The summed E-state index contributed by atoms with van der Waals surface area (Å²) in [6.07, 6.45) is 3.69. The fourth-order valence-electron chi connectivity index (χ4n) is 2.00. The molecule has 7 nitrogen and oxygen atoms in total. The van der Waals surface area contributed by atoms with E-state index < -0.39 is 11.9 Å². The maximum atomic E-state index is 11.9. The molecule has 0 aliphatic carbocycles. The van der Waals surface area contributed by atoms with Gasteiger partial charge in [0.05, 0.1) is 5.69 Å². The summed E-state index contributed by atoms with van der Waals surface area (Å²) in [5.74, 6) is -0.987. The van der Waals surface area contributed by atoms with Crippen molar-refractivity contribution in [1.29, 1.82) is 5.41 Å². The molecular weight excluding hydrogens is 282 g/mol. The van der Waals surface area contributed by atoms with Gasteiger partial charge in [0.1, 0.15) is 0 Å². The first-order valence-corrected chi connectivity index (χ1v) is 6.63. The Morgan fingerprint density at radius 2 is 1.95 bits per heavy atom. The van der Waals surface area contributed by atoms with Crippen molar-refractivity contribution in [3.05, 3.63) is 53.9 Å². The van der Waals surface area contributed by atoms with Crippen molar-refractivity contribution in [2.24, 2.45) is 5.73 Å². The molecule has 0 atom stereocenters. The highest BCUT2D eigenvalue weighted by atomic mass is 16.2. The molecule has 0 spiro atoms. The predicted molar refractivity (Wildman–Crippen MR) is 82.7 cm³/mol. The topological polar surface area (TPSA) is 113 Å². The number of nitrogens with one attached hydrogen (secondary N) is 3. The molecule has 5 N–H and O–H groups in total. The summed E-state index contributed by atoms with van der Waals surface area (Å²) >= 11 is 0. The second-order valence-electron chi connectivity index (χ2n) is 4.71. The number of carbonyl (C=O) groups is 2. The van der Waals surface area contributed by atoms with Gasteiger partial charge < -0.3 is 15.6 Å². The molecule has 0 radical (unpaired) electrons. The lowest BCUT2D eigenvalue weighted by Crippen LogP contribution is -2.35. The van der Waals surface area contributed by atoms with Gasteiger partial charge in [-0.15, -0.1) is 0 Å². The third kappa shape index (κ3) is 3.72. The minimum absolute atomic E-state index is 0.128. The first kappa shape index (κ1) is 15.3. The number of guanidine groups is 1. The molecule has 7 heteroatoms. The summed E-state index contributed by atoms with van der Waals surface area (Å²) in [4.78, 5) is 23.0. The largest absolute Gasteiger partial charge is 0.370 e. The molecule has 0 aliphatic rings. The molecule has 0 fully saturated rings. The molecule has 2 aromatic rings. The quantitative estimate of drug-likeness (QED) is 0.493. The third-order valence-electron chi connectivity index (χ3n) is 3.01. The summed E-state index contributed by atoms with van der Waals surface area (Å²) in [6.45, 7) is 1.81. The van der Waals surface area contributed by atoms with Crippen LogP contribution in [0, 0.1) is 5.41 Å². The van der Waals surface area contributed by atoms with Crippen molar-refractivity contribution in [3.8, 4) is 5.69 Å². The molecule has 1 aromatic heterocycles. The van der Waals surface area contributed by atoms with E-state index >= 15 is 0 Å². The molecule has 2 amide bonds. The Hall–Kier alpha value is -3.09. The van der Waals surface area contributed by atoms with Gasteiger partial charge in [-0.05, 0) is 29.8 Å². The number of rotatable bonds is 4. The standard InChI is InChI=1S/C15H17N5O2/c1-10(21)18-9-12-5-4-11(14(22)19-15(16)17)8-13(12)20-6-2-3-7-20/h2-8H,9H2,1H3,(H,18,21)(H4,16,17,19,22). The molecule has 1 aromatic carbocycles. The number of nitrogens with zero attached hydrogens (tertiary/aromatic N) is 1. The van der Waals surface area contributed by atoms with Crippen LogP contribution < -0.4 is 16.4 Å². The van der Waals surface area contributed by atoms with Crippen molar-refractivity contribution >= 4 is 17.8 Å². The zero-order valence-corrected chi connectivity index (χ0v) is 12.1. The van der Waals surface area contributed by atoms with E-state index in [0.717, 1.165) is 11.3 Å². The van der Waals surface area contributed by atoms with Gasteiger partial charge in [0, 0.05) is 31.4 Å². The molecule has 22 heavy (non-hydrogen) atoms. The normalized spacial score (nSPS) is 10.0. The highest BCUT2D eigenvalue weighted by molar-refractivity contribution is 6.04. The van der Waals surface area contributed by atoms with Gasteiger partial charge in [-0.1, -0.05) is 6.07 Å². The van der Waals surface area contributed by atoms with E-state index in [2.05, 4.69) is 10.6 Å². The van der Waals surface area contributed by atoms with Crippen LogP contribution in [0.25, 0.3) is 5.69 Å². The first-order valence-electron chi connectivity index (χ1n) is 6.63. The van der Waals surface area contributed by atoms with E-state index in [1.54, 1.807) is 18.2 Å². The van der Waals surface area contributed by atoms with Crippen LogP contribution in [0.2, 0.25) is 0 Å². The van der Waals surface area contributed by atoms with E-state index in [9.17, 15) is 9.59 Å². The Labute approximate surface area is 127 Å². The first-order chi connectivity index (χ1) is 10.5. The van der Waals surface area contributed by atoms with E-state index in [-0.39, 0.29) is 5.91 Å². The van der Waals surface area contributed by atoms with Gasteiger partial charge in [-0.3, -0.25) is 20.3 Å². The van der Waals surface area contributed by atoms with Crippen LogP contribution >= 0.6 is 0 Å². The molecule has 0 unspecified atom stereocenters. The zero-order valence-electron chi connectivity index (χ0n) is 12.1. The molecule has 0 saturated heterocycles. The van der Waals surface area contributed by atoms with Gasteiger partial charge in [-0.25, -0.2) is 0 Å². The van der Waals surface area contributed by atoms with Gasteiger partial charge in [0.15, 0.2) is 5.96 Å². The lowest BCUT2D eigenvalue weighted by Gasteiger charge is -2.13. The Morgan fingerprint density at radius 3 is 2.55 bits per heavy atom. The van der Waals surface area contributed by atoms with Crippen molar-refractivity contribution in [2.45, 2.75) is 13.5 Å². The number of aromatic nitrogens is 1. The highest BCUT2D eigenvalue weighted by Crippen LogP contribution is 2.17. The Bertz CT molecular complexity index is 707. The Morgan fingerprint density at radius 1 is 1.27 bits per heavy atom. The number of carbonyl (C=O) groups excluding carboxylic acids is 2. The summed E-state index contributed by atoms with van der Waals surface area (Å²) in [5.41, 5.74) is 7.19. The Kier molecular flexibility index (Phi) is 4.57. The Balaban J connectivity index is 2.37. The highest BCUT2D eigenvalue weighted by Gasteiger charge is 2.11.